The zero-order valence-corrected chi connectivity index (χ0v) is 22.6. The molecule has 7 nitrogen and oxygen atoms in total. The van der Waals surface area contributed by atoms with Crippen LogP contribution in [-0.2, 0) is 16.0 Å². The first-order chi connectivity index (χ1) is 18.2. The summed E-state index contributed by atoms with van der Waals surface area (Å²) in [5.41, 5.74) is 5.17. The maximum Gasteiger partial charge on any atom is 0.306 e. The molecule has 9 heteroatoms. The fourth-order valence-electron chi connectivity index (χ4n) is 5.09. The number of carbonyl (C=O) groups excluding carboxylic acids is 1. The number of nitrogens with one attached hydrogen (secondary N) is 2. The summed E-state index contributed by atoms with van der Waals surface area (Å²) >= 11 is 12.6. The van der Waals surface area contributed by atoms with Crippen molar-refractivity contribution in [1.82, 2.24) is 0 Å². The van der Waals surface area contributed by atoms with Gasteiger partial charge in [-0.15, -0.1) is 0 Å². The Balaban J connectivity index is 1.44. The number of anilines is 3. The average molecular weight is 554 g/mol. The van der Waals surface area contributed by atoms with E-state index >= 15 is 0 Å². The predicted molar refractivity (Wildman–Crippen MR) is 151 cm³/mol. The molecule has 1 aliphatic heterocycles. The van der Waals surface area contributed by atoms with Gasteiger partial charge in [-0.1, -0.05) is 41.4 Å². The molecule has 1 saturated carbocycles. The highest BCUT2D eigenvalue weighted by Gasteiger charge is 2.35. The highest BCUT2D eigenvalue weighted by molar-refractivity contribution is 6.32. The van der Waals surface area contributed by atoms with Gasteiger partial charge >= 0.3 is 5.97 Å². The van der Waals surface area contributed by atoms with Crippen LogP contribution in [0.1, 0.15) is 35.6 Å². The van der Waals surface area contributed by atoms with Gasteiger partial charge in [-0.25, -0.2) is 0 Å². The van der Waals surface area contributed by atoms with E-state index in [9.17, 15) is 14.7 Å². The number of hydrogen-bond donors (Lipinski definition) is 3. The lowest BCUT2D eigenvalue weighted by Crippen LogP contribution is -2.39. The highest BCUT2D eigenvalue weighted by Crippen LogP contribution is 2.37. The lowest BCUT2D eigenvalue weighted by Gasteiger charge is -2.34. The topological polar surface area (TPSA) is 90.9 Å². The molecule has 3 aromatic rings. The van der Waals surface area contributed by atoms with Gasteiger partial charge in [0, 0.05) is 51.8 Å². The van der Waals surface area contributed by atoms with E-state index < -0.39 is 12.0 Å². The van der Waals surface area contributed by atoms with Crippen molar-refractivity contribution in [3.63, 3.8) is 0 Å². The third-order valence-corrected chi connectivity index (χ3v) is 7.94. The summed E-state index contributed by atoms with van der Waals surface area (Å²) in [5.74, 6) is -0.571. The molecule has 1 unspecified atom stereocenters. The van der Waals surface area contributed by atoms with Crippen LogP contribution in [0.25, 0.3) is 0 Å². The third-order valence-electron chi connectivity index (χ3n) is 7.28. The van der Waals surface area contributed by atoms with Crippen molar-refractivity contribution >= 4 is 52.1 Å². The Hall–Kier alpha value is -3.42. The standard InChI is InChI=1S/C29H29Cl2N3O4/c1-16-9-18-7-8-34(26(18)15-25(16)31)28(35)27(17-3-5-20(30)6-4-17)33-23-12-22(13-24(14-23)38-2)32-21-10-19(11-21)29(36)37/h3-6,9,12-15,19,21,27,32-33H,7-8,10-11H2,1-2H3,(H,36,37). The molecular weight excluding hydrogens is 525 g/mol. The van der Waals surface area contributed by atoms with Crippen molar-refractivity contribution in [3.05, 3.63) is 81.3 Å². The van der Waals surface area contributed by atoms with Crippen LogP contribution in [0, 0.1) is 12.8 Å². The number of hydrogen-bond acceptors (Lipinski definition) is 5. The summed E-state index contributed by atoms with van der Waals surface area (Å²) < 4.78 is 5.52. The molecule has 3 aromatic carbocycles. The molecule has 2 aliphatic rings. The number of amides is 1. The molecule has 0 bridgehead atoms. The number of methoxy groups -OCH3 is 1. The van der Waals surface area contributed by atoms with Gasteiger partial charge in [-0.2, -0.15) is 0 Å². The molecular formula is C29H29Cl2N3O4. The number of ether oxygens (including phenoxy) is 1. The summed E-state index contributed by atoms with van der Waals surface area (Å²) in [4.78, 5) is 27.0. The smallest absolute Gasteiger partial charge is 0.306 e. The van der Waals surface area contributed by atoms with E-state index in [2.05, 4.69) is 10.6 Å². The number of aliphatic carboxylic acids is 1. The van der Waals surface area contributed by atoms with Crippen LogP contribution in [0.3, 0.4) is 0 Å². The number of nitrogens with zero attached hydrogens (tertiary/aromatic N) is 1. The molecule has 0 saturated heterocycles. The fourth-order valence-corrected chi connectivity index (χ4v) is 5.37. The Labute approximate surface area is 231 Å². The van der Waals surface area contributed by atoms with E-state index in [0.717, 1.165) is 34.5 Å². The average Bonchev–Trinajstić information content (AvgIpc) is 3.27. The Morgan fingerprint density at radius 2 is 1.76 bits per heavy atom. The minimum atomic E-state index is -0.764. The monoisotopic (exact) mass is 553 g/mol. The number of halogens is 2. The van der Waals surface area contributed by atoms with Crippen LogP contribution in [0.15, 0.2) is 54.6 Å². The van der Waals surface area contributed by atoms with Crippen LogP contribution in [-0.4, -0.2) is 36.7 Å². The molecule has 0 aromatic heterocycles. The van der Waals surface area contributed by atoms with Gasteiger partial charge in [0.1, 0.15) is 11.8 Å². The minimum absolute atomic E-state index is 0.0686. The summed E-state index contributed by atoms with van der Waals surface area (Å²) in [6, 6.07) is 16.1. The molecule has 5 rings (SSSR count). The van der Waals surface area contributed by atoms with Crippen molar-refractivity contribution in [2.24, 2.45) is 5.92 Å². The van der Waals surface area contributed by atoms with Gasteiger partial charge in [-0.05, 0) is 67.1 Å². The first-order valence-electron chi connectivity index (χ1n) is 12.5. The zero-order chi connectivity index (χ0) is 27.0. The van der Waals surface area contributed by atoms with Gasteiger partial charge < -0.3 is 25.4 Å². The van der Waals surface area contributed by atoms with Crippen LogP contribution in [0.4, 0.5) is 17.1 Å². The first-order valence-corrected chi connectivity index (χ1v) is 13.3. The van der Waals surface area contributed by atoms with Gasteiger partial charge in [0.15, 0.2) is 0 Å². The molecule has 0 radical (unpaired) electrons. The number of carboxylic acid groups (broad SMARTS) is 1. The van der Waals surface area contributed by atoms with Crippen LogP contribution < -0.4 is 20.3 Å². The molecule has 1 aliphatic carbocycles. The lowest BCUT2D eigenvalue weighted by atomic mass is 9.80. The fraction of sp³-hybridized carbons (Fsp3) is 0.310. The number of carbonyl (C=O) groups is 2. The largest absolute Gasteiger partial charge is 0.497 e. The molecule has 1 amide bonds. The Bertz CT molecular complexity index is 1370. The summed E-state index contributed by atoms with van der Waals surface area (Å²) in [6.07, 6.45) is 1.90. The SMILES string of the molecule is COc1cc(NC2CC(C(=O)O)C2)cc(NC(C(=O)N2CCc3cc(C)c(Cl)cc32)c2ccc(Cl)cc2)c1. The van der Waals surface area contributed by atoms with Gasteiger partial charge in [0.05, 0.1) is 13.0 Å². The quantitative estimate of drug-likeness (QED) is 0.302. The maximum absolute atomic E-state index is 14.1. The molecule has 0 spiro atoms. The normalized spacial score (nSPS) is 18.8. The van der Waals surface area contributed by atoms with Crippen LogP contribution in [0.2, 0.25) is 10.0 Å². The van der Waals surface area contributed by atoms with E-state index in [0.29, 0.717) is 40.9 Å². The summed E-state index contributed by atoms with van der Waals surface area (Å²) in [7, 11) is 1.58. The van der Waals surface area contributed by atoms with Gasteiger partial charge in [-0.3, -0.25) is 9.59 Å². The van der Waals surface area contributed by atoms with Crippen molar-refractivity contribution in [1.29, 1.82) is 0 Å². The van der Waals surface area contributed by atoms with Crippen molar-refractivity contribution in [3.8, 4) is 5.75 Å². The van der Waals surface area contributed by atoms with Gasteiger partial charge in [0.25, 0.3) is 5.91 Å². The second kappa shape index (κ2) is 10.8. The first kappa shape index (κ1) is 26.2. The number of fused-ring (bicyclic) bond motifs is 1. The molecule has 1 fully saturated rings. The Morgan fingerprint density at radius 1 is 1.05 bits per heavy atom. The van der Waals surface area contributed by atoms with Crippen LogP contribution >= 0.6 is 23.2 Å². The summed E-state index contributed by atoms with van der Waals surface area (Å²) in [5, 5.41) is 17.2. The van der Waals surface area contributed by atoms with E-state index in [-0.39, 0.29) is 17.9 Å². The molecule has 1 atom stereocenters. The lowest BCUT2D eigenvalue weighted by molar-refractivity contribution is -0.144. The Kier molecular flexibility index (Phi) is 7.41. The van der Waals surface area contributed by atoms with Crippen LogP contribution in [0.5, 0.6) is 5.75 Å². The molecule has 1 heterocycles. The van der Waals surface area contributed by atoms with Crippen molar-refractivity contribution in [2.45, 2.75) is 38.3 Å². The number of aryl methyl sites for hydroxylation is 1. The number of rotatable bonds is 8. The van der Waals surface area contributed by atoms with Gasteiger partial charge in [0.2, 0.25) is 0 Å². The van der Waals surface area contributed by atoms with E-state index in [1.54, 1.807) is 24.1 Å². The highest BCUT2D eigenvalue weighted by atomic mass is 35.5. The minimum Gasteiger partial charge on any atom is -0.497 e. The van der Waals surface area contributed by atoms with Crippen molar-refractivity contribution in [2.75, 3.05) is 29.2 Å². The molecule has 3 N–H and O–H groups in total. The second-order valence-corrected chi connectivity index (χ2v) is 10.7. The molecule has 198 valence electrons. The number of benzene rings is 3. The molecule has 38 heavy (non-hydrogen) atoms. The summed E-state index contributed by atoms with van der Waals surface area (Å²) in [6.45, 7) is 2.53. The zero-order valence-electron chi connectivity index (χ0n) is 21.1. The second-order valence-electron chi connectivity index (χ2n) is 9.90. The number of carboxylic acids is 1. The van der Waals surface area contributed by atoms with E-state index in [1.165, 1.54) is 0 Å². The van der Waals surface area contributed by atoms with E-state index in [4.69, 9.17) is 27.9 Å². The third kappa shape index (κ3) is 5.40. The Morgan fingerprint density at radius 3 is 2.45 bits per heavy atom. The van der Waals surface area contributed by atoms with Crippen molar-refractivity contribution < 1.29 is 19.4 Å². The maximum atomic E-state index is 14.1. The predicted octanol–water partition coefficient (Wildman–Crippen LogP) is 6.33. The van der Waals surface area contributed by atoms with E-state index in [1.807, 2.05) is 49.4 Å².